The van der Waals surface area contributed by atoms with Crippen molar-refractivity contribution in [1.82, 2.24) is 0 Å². The first kappa shape index (κ1) is 14.1. The van der Waals surface area contributed by atoms with E-state index in [1.54, 1.807) is 6.92 Å². The van der Waals surface area contributed by atoms with Crippen LogP contribution in [0.15, 0.2) is 12.1 Å². The average Bonchev–Trinajstić information content (AvgIpc) is 2.23. The Kier molecular flexibility index (Phi) is 4.66. The third-order valence-electron chi connectivity index (χ3n) is 2.91. The van der Waals surface area contributed by atoms with Gasteiger partial charge in [0.2, 0.25) is 0 Å². The van der Waals surface area contributed by atoms with Gasteiger partial charge in [-0.25, -0.2) is 4.39 Å². The van der Waals surface area contributed by atoms with Gasteiger partial charge in [0.25, 0.3) is 0 Å². The third kappa shape index (κ3) is 3.05. The summed E-state index contributed by atoms with van der Waals surface area (Å²) in [5.41, 5.74) is 6.22. The normalized spacial score (nSPS) is 12.9. The van der Waals surface area contributed by atoms with Gasteiger partial charge in [0.05, 0.1) is 5.02 Å². The van der Waals surface area contributed by atoms with Gasteiger partial charge in [-0.2, -0.15) is 0 Å². The first-order chi connectivity index (χ1) is 7.88. The van der Waals surface area contributed by atoms with Gasteiger partial charge in [-0.3, -0.25) is 4.79 Å². The van der Waals surface area contributed by atoms with Gasteiger partial charge in [-0.05, 0) is 30.5 Å². The third-order valence-corrected chi connectivity index (χ3v) is 3.22. The summed E-state index contributed by atoms with van der Waals surface area (Å²) in [4.78, 5) is 12.2. The van der Waals surface area contributed by atoms with E-state index in [4.69, 9.17) is 17.3 Å². The van der Waals surface area contributed by atoms with Gasteiger partial charge < -0.3 is 5.73 Å². The lowest BCUT2D eigenvalue weighted by Crippen LogP contribution is -2.28. The summed E-state index contributed by atoms with van der Waals surface area (Å²) in [6.45, 7) is 5.67. The van der Waals surface area contributed by atoms with Crippen LogP contribution in [0.2, 0.25) is 5.02 Å². The van der Waals surface area contributed by atoms with Crippen LogP contribution in [0.4, 0.5) is 4.39 Å². The maximum Gasteiger partial charge on any atom is 0.169 e. The van der Waals surface area contributed by atoms with E-state index in [1.165, 1.54) is 12.1 Å². The Labute approximate surface area is 106 Å². The molecule has 1 unspecified atom stereocenters. The molecule has 0 amide bonds. The molecule has 94 valence electrons. The van der Waals surface area contributed by atoms with Crippen molar-refractivity contribution >= 4 is 17.4 Å². The van der Waals surface area contributed by atoms with Gasteiger partial charge in [-0.15, -0.1) is 0 Å². The lowest BCUT2D eigenvalue weighted by atomic mass is 9.88. The van der Waals surface area contributed by atoms with Crippen molar-refractivity contribution in [2.45, 2.75) is 20.8 Å². The van der Waals surface area contributed by atoms with Crippen molar-refractivity contribution in [3.05, 3.63) is 34.1 Å². The monoisotopic (exact) mass is 257 g/mol. The highest BCUT2D eigenvalue weighted by molar-refractivity contribution is 6.34. The number of Topliss-reactive ketones (excluding diaryl/α,β-unsaturated/α-hetero) is 1. The maximum absolute atomic E-state index is 13.4. The van der Waals surface area contributed by atoms with Crippen molar-refractivity contribution in [3.8, 4) is 0 Å². The molecular formula is C13H17ClFNO. The van der Waals surface area contributed by atoms with E-state index in [1.807, 2.05) is 13.8 Å². The molecule has 0 radical (unpaired) electrons. The Morgan fingerprint density at radius 1 is 1.47 bits per heavy atom. The van der Waals surface area contributed by atoms with Crippen LogP contribution in [0.1, 0.15) is 29.8 Å². The van der Waals surface area contributed by atoms with E-state index < -0.39 is 5.82 Å². The van der Waals surface area contributed by atoms with Crippen molar-refractivity contribution in [3.63, 3.8) is 0 Å². The highest BCUT2D eigenvalue weighted by Crippen LogP contribution is 2.25. The molecular weight excluding hydrogens is 241 g/mol. The van der Waals surface area contributed by atoms with E-state index in [2.05, 4.69) is 0 Å². The number of hydrogen-bond acceptors (Lipinski definition) is 2. The Hall–Kier alpha value is -0.930. The lowest BCUT2D eigenvalue weighted by molar-refractivity contribution is 0.0892. The van der Waals surface area contributed by atoms with E-state index in [0.29, 0.717) is 5.56 Å². The second kappa shape index (κ2) is 5.61. The molecule has 1 atom stereocenters. The Balaban J connectivity index is 3.16. The fourth-order valence-corrected chi connectivity index (χ4v) is 2.03. The fourth-order valence-electron chi connectivity index (χ4n) is 1.72. The van der Waals surface area contributed by atoms with Crippen LogP contribution in [0, 0.1) is 24.6 Å². The zero-order valence-electron chi connectivity index (χ0n) is 10.3. The number of benzene rings is 1. The van der Waals surface area contributed by atoms with Crippen LogP contribution in [0.5, 0.6) is 0 Å². The molecule has 0 aromatic heterocycles. The Bertz CT molecular complexity index is 432. The molecule has 2 nitrogen and oxygen atoms in total. The highest BCUT2D eigenvalue weighted by atomic mass is 35.5. The second-order valence-electron chi connectivity index (χ2n) is 4.53. The largest absolute Gasteiger partial charge is 0.330 e. The van der Waals surface area contributed by atoms with Crippen molar-refractivity contribution in [1.29, 1.82) is 0 Å². The summed E-state index contributed by atoms with van der Waals surface area (Å²) < 4.78 is 13.4. The zero-order chi connectivity index (χ0) is 13.2. The van der Waals surface area contributed by atoms with Crippen LogP contribution in [-0.2, 0) is 0 Å². The van der Waals surface area contributed by atoms with Crippen molar-refractivity contribution in [2.75, 3.05) is 6.54 Å². The molecule has 1 aromatic carbocycles. The van der Waals surface area contributed by atoms with E-state index >= 15 is 0 Å². The summed E-state index contributed by atoms with van der Waals surface area (Å²) in [6, 6.07) is 2.67. The number of nitrogens with two attached hydrogens (primary N) is 1. The van der Waals surface area contributed by atoms with Gasteiger partial charge in [0.15, 0.2) is 5.78 Å². The van der Waals surface area contributed by atoms with Crippen LogP contribution >= 0.6 is 11.6 Å². The average molecular weight is 258 g/mol. The zero-order valence-corrected chi connectivity index (χ0v) is 11.0. The number of rotatable bonds is 4. The molecule has 1 rings (SSSR count). The topological polar surface area (TPSA) is 43.1 Å². The number of aryl methyl sites for hydroxylation is 1. The molecule has 0 aliphatic carbocycles. The quantitative estimate of drug-likeness (QED) is 0.842. The lowest BCUT2D eigenvalue weighted by Gasteiger charge is -2.18. The Morgan fingerprint density at radius 2 is 2.06 bits per heavy atom. The first-order valence-corrected chi connectivity index (χ1v) is 5.96. The minimum atomic E-state index is -0.419. The minimum Gasteiger partial charge on any atom is -0.330 e. The van der Waals surface area contributed by atoms with Crippen molar-refractivity contribution < 1.29 is 9.18 Å². The van der Waals surface area contributed by atoms with Crippen LogP contribution < -0.4 is 5.73 Å². The smallest absolute Gasteiger partial charge is 0.169 e. The predicted octanol–water partition coefficient (Wildman–Crippen LogP) is 3.20. The maximum atomic E-state index is 13.4. The number of hydrogen-bond donors (Lipinski definition) is 1. The highest BCUT2D eigenvalue weighted by Gasteiger charge is 2.24. The van der Waals surface area contributed by atoms with E-state index in [-0.39, 0.29) is 34.7 Å². The van der Waals surface area contributed by atoms with E-state index in [9.17, 15) is 9.18 Å². The summed E-state index contributed by atoms with van der Waals surface area (Å²) >= 11 is 5.97. The fraction of sp³-hybridized carbons (Fsp3) is 0.462. The van der Waals surface area contributed by atoms with Crippen LogP contribution in [0.3, 0.4) is 0 Å². The van der Waals surface area contributed by atoms with Crippen LogP contribution in [0.25, 0.3) is 0 Å². The molecule has 17 heavy (non-hydrogen) atoms. The van der Waals surface area contributed by atoms with Gasteiger partial charge in [-0.1, -0.05) is 25.4 Å². The molecule has 0 heterocycles. The molecule has 0 fully saturated rings. The molecule has 0 spiro atoms. The Morgan fingerprint density at radius 3 is 2.53 bits per heavy atom. The first-order valence-electron chi connectivity index (χ1n) is 5.58. The molecule has 2 N–H and O–H groups in total. The number of halogens is 2. The summed E-state index contributed by atoms with van der Waals surface area (Å²) in [5.74, 6) is -0.828. The second-order valence-corrected chi connectivity index (χ2v) is 4.94. The predicted molar refractivity (Wildman–Crippen MR) is 67.9 cm³/mol. The standard InChI is InChI=1S/C13H17ClFNO/c1-7(2)10(6-16)13(17)9-5-12(15)8(3)4-11(9)14/h4-5,7,10H,6,16H2,1-3H3. The summed E-state index contributed by atoms with van der Waals surface area (Å²) in [6.07, 6.45) is 0. The molecule has 0 saturated heterocycles. The number of ketones is 1. The molecule has 0 saturated carbocycles. The number of carbonyl (C=O) groups is 1. The molecule has 4 heteroatoms. The number of carbonyl (C=O) groups excluding carboxylic acids is 1. The molecule has 1 aromatic rings. The van der Waals surface area contributed by atoms with Crippen LogP contribution in [-0.4, -0.2) is 12.3 Å². The molecule has 0 aliphatic heterocycles. The van der Waals surface area contributed by atoms with Gasteiger partial charge >= 0.3 is 0 Å². The molecule has 0 aliphatic rings. The molecule has 0 bridgehead atoms. The van der Waals surface area contributed by atoms with Gasteiger partial charge in [0, 0.05) is 18.0 Å². The SMILES string of the molecule is Cc1cc(Cl)c(C(=O)C(CN)C(C)C)cc1F. The summed E-state index contributed by atoms with van der Waals surface area (Å²) in [5, 5.41) is 0.285. The van der Waals surface area contributed by atoms with Gasteiger partial charge in [0.1, 0.15) is 5.82 Å². The minimum absolute atomic E-state index is 0.105. The summed E-state index contributed by atoms with van der Waals surface area (Å²) in [7, 11) is 0. The van der Waals surface area contributed by atoms with Crippen molar-refractivity contribution in [2.24, 2.45) is 17.6 Å². The van der Waals surface area contributed by atoms with E-state index in [0.717, 1.165) is 0 Å².